The topological polar surface area (TPSA) is 75.7 Å². The number of benzene rings is 2. The number of methoxy groups -OCH3 is 1. The Bertz CT molecular complexity index is 958. The summed E-state index contributed by atoms with van der Waals surface area (Å²) in [6, 6.07) is 12.4. The van der Waals surface area contributed by atoms with Crippen LogP contribution in [0.1, 0.15) is 28.4 Å². The molecule has 1 aliphatic heterocycles. The summed E-state index contributed by atoms with van der Waals surface area (Å²) in [4.78, 5) is 13.9. The van der Waals surface area contributed by atoms with Crippen molar-refractivity contribution >= 4 is 27.7 Å². The number of carbonyl (C=O) groups excluding carboxylic acids is 1. The van der Waals surface area contributed by atoms with Crippen molar-refractivity contribution in [1.82, 2.24) is 9.62 Å². The highest BCUT2D eigenvalue weighted by molar-refractivity contribution is 7.99. The fraction of sp³-hybridized carbons (Fsp3) is 0.316. The average Bonchev–Trinajstić information content (AvgIpc) is 2.67. The van der Waals surface area contributed by atoms with Crippen LogP contribution in [0.25, 0.3) is 0 Å². The van der Waals surface area contributed by atoms with Crippen molar-refractivity contribution in [3.63, 3.8) is 0 Å². The first-order valence-electron chi connectivity index (χ1n) is 8.47. The molecular formula is C19H22N2O4S2. The smallest absolute Gasteiger partial charge is 0.251 e. The molecule has 1 amide bonds. The Hall–Kier alpha value is -2.03. The summed E-state index contributed by atoms with van der Waals surface area (Å²) < 4.78 is 31.4. The summed E-state index contributed by atoms with van der Waals surface area (Å²) in [5, 5.41) is 3.04. The summed E-state index contributed by atoms with van der Waals surface area (Å²) in [5.74, 6) is 0.824. The highest BCUT2D eigenvalue weighted by atomic mass is 32.2. The summed E-state index contributed by atoms with van der Waals surface area (Å²) >= 11 is 1.78. The summed E-state index contributed by atoms with van der Waals surface area (Å²) in [7, 11) is 0.556. The average molecular weight is 407 g/mol. The third kappa shape index (κ3) is 3.97. The fourth-order valence-corrected chi connectivity index (χ4v) is 5.15. The van der Waals surface area contributed by atoms with Gasteiger partial charge in [-0.2, -0.15) is 0 Å². The number of fused-ring (bicyclic) bond motifs is 1. The van der Waals surface area contributed by atoms with Gasteiger partial charge < -0.3 is 10.1 Å². The number of thioether (sulfide) groups is 1. The van der Waals surface area contributed by atoms with E-state index in [9.17, 15) is 13.2 Å². The molecule has 0 fully saturated rings. The van der Waals surface area contributed by atoms with Crippen molar-refractivity contribution in [3.05, 3.63) is 53.6 Å². The summed E-state index contributed by atoms with van der Waals surface area (Å²) in [6.07, 6.45) is 0.826. The van der Waals surface area contributed by atoms with Gasteiger partial charge in [0.1, 0.15) is 10.6 Å². The predicted octanol–water partition coefficient (Wildman–Crippen LogP) is 2.91. The highest BCUT2D eigenvalue weighted by Gasteiger charge is 2.26. The Labute approximate surface area is 164 Å². The van der Waals surface area contributed by atoms with Crippen LogP contribution < -0.4 is 10.1 Å². The van der Waals surface area contributed by atoms with E-state index in [-0.39, 0.29) is 28.2 Å². The number of carbonyl (C=O) groups is 1. The van der Waals surface area contributed by atoms with Crippen LogP contribution in [0.3, 0.4) is 0 Å². The van der Waals surface area contributed by atoms with Crippen LogP contribution >= 0.6 is 11.8 Å². The lowest BCUT2D eigenvalue weighted by molar-refractivity contribution is 0.0934. The molecule has 27 heavy (non-hydrogen) atoms. The van der Waals surface area contributed by atoms with Crippen molar-refractivity contribution in [3.8, 4) is 5.75 Å². The molecule has 2 aromatic rings. The molecule has 3 rings (SSSR count). The number of rotatable bonds is 5. The SMILES string of the molecule is COc1ccc(C(=O)N[C@H]2CCSc3ccccc32)cc1S(=O)(=O)N(C)C. The maximum atomic E-state index is 12.8. The molecular weight excluding hydrogens is 384 g/mol. The van der Waals surface area contributed by atoms with Gasteiger partial charge in [-0.1, -0.05) is 18.2 Å². The van der Waals surface area contributed by atoms with Crippen molar-refractivity contribution in [2.45, 2.75) is 22.3 Å². The Morgan fingerprint density at radius 1 is 1.22 bits per heavy atom. The maximum Gasteiger partial charge on any atom is 0.251 e. The lowest BCUT2D eigenvalue weighted by Crippen LogP contribution is -2.31. The van der Waals surface area contributed by atoms with Gasteiger partial charge in [0.25, 0.3) is 5.91 Å². The molecule has 1 aliphatic rings. The molecule has 1 atom stereocenters. The second-order valence-corrected chi connectivity index (χ2v) is 9.61. The molecule has 0 spiro atoms. The normalized spacial score (nSPS) is 16.7. The van der Waals surface area contributed by atoms with E-state index < -0.39 is 10.0 Å². The van der Waals surface area contributed by atoms with E-state index in [1.54, 1.807) is 17.8 Å². The van der Waals surface area contributed by atoms with Gasteiger partial charge in [-0.05, 0) is 36.2 Å². The molecule has 0 radical (unpaired) electrons. The van der Waals surface area contributed by atoms with Crippen molar-refractivity contribution in [2.24, 2.45) is 0 Å². The Kier molecular flexibility index (Phi) is 5.78. The van der Waals surface area contributed by atoms with Gasteiger partial charge in [0, 0.05) is 30.3 Å². The van der Waals surface area contributed by atoms with Gasteiger partial charge in [0.2, 0.25) is 10.0 Å². The largest absolute Gasteiger partial charge is 0.495 e. The number of amides is 1. The zero-order valence-electron chi connectivity index (χ0n) is 15.4. The standard InChI is InChI=1S/C19H22N2O4S2/c1-21(2)27(23,24)18-12-13(8-9-16(18)25-3)19(22)20-15-10-11-26-17-7-5-4-6-14(15)17/h4-9,12,15H,10-11H2,1-3H3,(H,20,22)/t15-/m0/s1. The molecule has 0 saturated carbocycles. The second-order valence-electron chi connectivity index (χ2n) is 6.35. The van der Waals surface area contributed by atoms with Crippen LogP contribution in [-0.4, -0.2) is 45.6 Å². The molecule has 6 nitrogen and oxygen atoms in total. The number of hydrogen-bond donors (Lipinski definition) is 1. The number of nitrogens with one attached hydrogen (secondary N) is 1. The van der Waals surface area contributed by atoms with E-state index in [0.29, 0.717) is 0 Å². The number of hydrogen-bond acceptors (Lipinski definition) is 5. The first-order chi connectivity index (χ1) is 12.8. The predicted molar refractivity (Wildman–Crippen MR) is 106 cm³/mol. The Morgan fingerprint density at radius 2 is 1.96 bits per heavy atom. The number of sulfonamides is 1. The van der Waals surface area contributed by atoms with E-state index in [1.165, 1.54) is 38.2 Å². The second kappa shape index (κ2) is 7.92. The van der Waals surface area contributed by atoms with E-state index in [4.69, 9.17) is 4.74 Å². The third-order valence-electron chi connectivity index (χ3n) is 4.45. The van der Waals surface area contributed by atoms with E-state index in [1.807, 2.05) is 24.3 Å². The van der Waals surface area contributed by atoms with Crippen LogP contribution in [0.15, 0.2) is 52.3 Å². The lowest BCUT2D eigenvalue weighted by atomic mass is 10.0. The molecule has 8 heteroatoms. The maximum absolute atomic E-state index is 12.8. The minimum Gasteiger partial charge on any atom is -0.495 e. The molecule has 0 bridgehead atoms. The minimum atomic E-state index is -3.73. The Balaban J connectivity index is 1.90. The first kappa shape index (κ1) is 19.7. The molecule has 2 aromatic carbocycles. The Morgan fingerprint density at radius 3 is 2.67 bits per heavy atom. The lowest BCUT2D eigenvalue weighted by Gasteiger charge is -2.26. The molecule has 1 N–H and O–H groups in total. The van der Waals surface area contributed by atoms with Crippen molar-refractivity contribution in [2.75, 3.05) is 27.0 Å². The molecule has 144 valence electrons. The zero-order valence-corrected chi connectivity index (χ0v) is 17.1. The zero-order chi connectivity index (χ0) is 19.6. The number of nitrogens with zero attached hydrogens (tertiary/aromatic N) is 1. The van der Waals surface area contributed by atoms with Gasteiger partial charge in [-0.3, -0.25) is 4.79 Å². The van der Waals surface area contributed by atoms with E-state index >= 15 is 0 Å². The van der Waals surface area contributed by atoms with Crippen LogP contribution in [0.4, 0.5) is 0 Å². The third-order valence-corrected chi connectivity index (χ3v) is 7.41. The van der Waals surface area contributed by atoms with Gasteiger partial charge >= 0.3 is 0 Å². The van der Waals surface area contributed by atoms with Crippen LogP contribution in [0, 0.1) is 0 Å². The summed E-state index contributed by atoms with van der Waals surface area (Å²) in [5.41, 5.74) is 1.38. The van der Waals surface area contributed by atoms with Gasteiger partial charge in [0.15, 0.2) is 0 Å². The van der Waals surface area contributed by atoms with Crippen molar-refractivity contribution < 1.29 is 17.9 Å². The fourth-order valence-electron chi connectivity index (χ4n) is 2.95. The molecule has 1 heterocycles. The van der Waals surface area contributed by atoms with Crippen LogP contribution in [0.2, 0.25) is 0 Å². The van der Waals surface area contributed by atoms with Crippen LogP contribution in [0.5, 0.6) is 5.75 Å². The first-order valence-corrected chi connectivity index (χ1v) is 10.9. The molecule has 0 aliphatic carbocycles. The molecule has 0 aromatic heterocycles. The number of ether oxygens (including phenoxy) is 1. The quantitative estimate of drug-likeness (QED) is 0.826. The molecule has 0 unspecified atom stereocenters. The van der Waals surface area contributed by atoms with Gasteiger partial charge in [-0.15, -0.1) is 11.8 Å². The van der Waals surface area contributed by atoms with Gasteiger partial charge in [-0.25, -0.2) is 12.7 Å². The highest BCUT2D eigenvalue weighted by Crippen LogP contribution is 2.36. The van der Waals surface area contributed by atoms with Crippen LogP contribution in [-0.2, 0) is 10.0 Å². The minimum absolute atomic E-state index is 0.0257. The monoisotopic (exact) mass is 406 g/mol. The van der Waals surface area contributed by atoms with Gasteiger partial charge in [0.05, 0.1) is 13.2 Å². The summed E-state index contributed by atoms with van der Waals surface area (Å²) in [6.45, 7) is 0. The molecule has 0 saturated heterocycles. The van der Waals surface area contributed by atoms with E-state index in [0.717, 1.165) is 22.0 Å². The van der Waals surface area contributed by atoms with Crippen molar-refractivity contribution in [1.29, 1.82) is 0 Å². The van der Waals surface area contributed by atoms with E-state index in [2.05, 4.69) is 5.32 Å².